The van der Waals surface area contributed by atoms with Crippen LogP contribution in [0, 0.1) is 6.92 Å². The quantitative estimate of drug-likeness (QED) is 0.477. The first-order chi connectivity index (χ1) is 16.7. The van der Waals surface area contributed by atoms with Crippen molar-refractivity contribution in [2.75, 3.05) is 23.7 Å². The largest absolute Gasteiger partial charge is 0.416 e. The van der Waals surface area contributed by atoms with Crippen LogP contribution in [0.2, 0.25) is 0 Å². The van der Waals surface area contributed by atoms with Gasteiger partial charge in [0.1, 0.15) is 6.04 Å². The summed E-state index contributed by atoms with van der Waals surface area (Å²) in [5.41, 5.74) is 0.771. The van der Waals surface area contributed by atoms with E-state index in [1.54, 1.807) is 13.8 Å². The molecule has 0 saturated carbocycles. The maximum atomic E-state index is 13.1. The SMILES string of the molecule is CCNC(=O)[C@@H](C)N(Cc1ccc(C)cc1)C(=O)CCCN(c1cccc(C(F)(F)F)c1)S(C)(=O)=O. The second kappa shape index (κ2) is 12.2. The Labute approximate surface area is 210 Å². The Kier molecular flexibility index (Phi) is 9.92. The van der Waals surface area contributed by atoms with Gasteiger partial charge in [-0.3, -0.25) is 13.9 Å². The summed E-state index contributed by atoms with van der Waals surface area (Å²) in [5, 5.41) is 2.70. The number of likely N-dealkylation sites (N-methyl/N-ethyl adjacent to an activating group) is 1. The molecule has 0 heterocycles. The first-order valence-electron chi connectivity index (χ1n) is 11.5. The number of alkyl halides is 3. The van der Waals surface area contributed by atoms with E-state index < -0.39 is 27.8 Å². The second-order valence-corrected chi connectivity index (χ2v) is 10.5. The molecule has 198 valence electrons. The Morgan fingerprint density at radius 2 is 1.72 bits per heavy atom. The van der Waals surface area contributed by atoms with Crippen molar-refractivity contribution in [1.29, 1.82) is 0 Å². The third-order valence-corrected chi connectivity index (χ3v) is 6.80. The van der Waals surface area contributed by atoms with Gasteiger partial charge in [-0.15, -0.1) is 0 Å². The van der Waals surface area contributed by atoms with Crippen LogP contribution >= 0.6 is 0 Å². The molecular weight excluding hydrogens is 495 g/mol. The first kappa shape index (κ1) is 29.2. The third kappa shape index (κ3) is 8.25. The molecule has 0 aliphatic rings. The summed E-state index contributed by atoms with van der Waals surface area (Å²) in [4.78, 5) is 27.0. The molecule has 0 aliphatic carbocycles. The van der Waals surface area contributed by atoms with E-state index in [4.69, 9.17) is 0 Å². The topological polar surface area (TPSA) is 86.8 Å². The summed E-state index contributed by atoms with van der Waals surface area (Å²) in [6.45, 7) is 5.70. The van der Waals surface area contributed by atoms with Crippen LogP contribution < -0.4 is 9.62 Å². The summed E-state index contributed by atoms with van der Waals surface area (Å²) in [7, 11) is -3.91. The van der Waals surface area contributed by atoms with Crippen molar-refractivity contribution < 1.29 is 31.2 Å². The molecule has 7 nitrogen and oxygen atoms in total. The molecule has 0 fully saturated rings. The average molecular weight is 528 g/mol. The smallest absolute Gasteiger partial charge is 0.355 e. The molecule has 0 radical (unpaired) electrons. The van der Waals surface area contributed by atoms with E-state index in [-0.39, 0.29) is 43.4 Å². The molecule has 0 bridgehead atoms. The number of anilines is 1. The summed E-state index contributed by atoms with van der Waals surface area (Å²) < 4.78 is 64.9. The molecule has 0 aliphatic heterocycles. The van der Waals surface area contributed by atoms with Crippen molar-refractivity contribution in [1.82, 2.24) is 10.2 Å². The fourth-order valence-electron chi connectivity index (χ4n) is 3.64. The molecule has 1 atom stereocenters. The Balaban J connectivity index is 2.19. The number of rotatable bonds is 11. The van der Waals surface area contributed by atoms with Crippen molar-refractivity contribution >= 4 is 27.5 Å². The lowest BCUT2D eigenvalue weighted by Crippen LogP contribution is -2.47. The normalized spacial score (nSPS) is 12.6. The van der Waals surface area contributed by atoms with Crippen LogP contribution in [-0.4, -0.2) is 50.5 Å². The van der Waals surface area contributed by atoms with Crippen LogP contribution in [0.1, 0.15) is 43.4 Å². The third-order valence-electron chi connectivity index (χ3n) is 5.61. The molecule has 2 aromatic carbocycles. The van der Waals surface area contributed by atoms with Crippen LogP contribution in [-0.2, 0) is 32.3 Å². The van der Waals surface area contributed by atoms with E-state index in [1.807, 2.05) is 31.2 Å². The minimum absolute atomic E-state index is 0.0503. The highest BCUT2D eigenvalue weighted by atomic mass is 32.2. The van der Waals surface area contributed by atoms with Gasteiger partial charge in [0.15, 0.2) is 0 Å². The van der Waals surface area contributed by atoms with Gasteiger partial charge in [-0.25, -0.2) is 8.42 Å². The minimum atomic E-state index is -4.62. The number of hydrogen-bond acceptors (Lipinski definition) is 4. The second-order valence-electron chi connectivity index (χ2n) is 8.56. The summed E-state index contributed by atoms with van der Waals surface area (Å²) >= 11 is 0. The standard InChI is InChI=1S/C25H32F3N3O4S/c1-5-29-24(33)19(3)30(17-20-13-11-18(2)12-14-20)23(32)10-7-15-31(36(4,34)35)22-9-6-8-21(16-22)25(26,27)28/h6,8-9,11-14,16,19H,5,7,10,15,17H2,1-4H3,(H,29,33)/t19-/m1/s1. The van der Waals surface area contributed by atoms with Gasteiger partial charge in [0.05, 0.1) is 17.5 Å². The van der Waals surface area contributed by atoms with Gasteiger partial charge in [0, 0.05) is 26.1 Å². The van der Waals surface area contributed by atoms with E-state index in [0.717, 1.165) is 39.9 Å². The minimum Gasteiger partial charge on any atom is -0.355 e. The van der Waals surface area contributed by atoms with Crippen molar-refractivity contribution in [2.45, 2.75) is 52.4 Å². The predicted molar refractivity (Wildman–Crippen MR) is 133 cm³/mol. The molecule has 2 aromatic rings. The predicted octanol–water partition coefficient (Wildman–Crippen LogP) is 4.11. The Morgan fingerprint density at radius 1 is 1.08 bits per heavy atom. The van der Waals surface area contributed by atoms with E-state index >= 15 is 0 Å². The van der Waals surface area contributed by atoms with Crippen LogP contribution in [0.5, 0.6) is 0 Å². The fraction of sp³-hybridized carbons (Fsp3) is 0.440. The van der Waals surface area contributed by atoms with E-state index in [1.165, 1.54) is 11.0 Å². The van der Waals surface area contributed by atoms with Crippen LogP contribution in [0.25, 0.3) is 0 Å². The Bertz CT molecular complexity index is 1150. The molecule has 0 saturated heterocycles. The van der Waals surface area contributed by atoms with Crippen molar-refractivity contribution in [3.05, 3.63) is 65.2 Å². The average Bonchev–Trinajstić information content (AvgIpc) is 2.79. The maximum Gasteiger partial charge on any atom is 0.416 e. The van der Waals surface area contributed by atoms with Gasteiger partial charge in [-0.1, -0.05) is 35.9 Å². The summed E-state index contributed by atoms with van der Waals surface area (Å²) in [6, 6.07) is 10.8. The summed E-state index contributed by atoms with van der Waals surface area (Å²) in [6.07, 6.45) is -3.77. The Morgan fingerprint density at radius 3 is 2.28 bits per heavy atom. The first-order valence-corrected chi connectivity index (χ1v) is 13.4. The van der Waals surface area contributed by atoms with Gasteiger partial charge in [0.2, 0.25) is 21.8 Å². The number of nitrogens with zero attached hydrogens (tertiary/aromatic N) is 2. The van der Waals surface area contributed by atoms with E-state index in [0.29, 0.717) is 6.54 Å². The number of amides is 2. The lowest BCUT2D eigenvalue weighted by Gasteiger charge is -2.29. The maximum absolute atomic E-state index is 13.1. The molecule has 2 rings (SSSR count). The van der Waals surface area contributed by atoms with Crippen molar-refractivity contribution in [3.8, 4) is 0 Å². The number of aryl methyl sites for hydroxylation is 1. The highest BCUT2D eigenvalue weighted by Gasteiger charge is 2.32. The number of benzene rings is 2. The number of halogens is 3. The molecular formula is C25H32F3N3O4S. The van der Waals surface area contributed by atoms with Gasteiger partial charge in [-0.2, -0.15) is 13.2 Å². The number of carbonyl (C=O) groups excluding carboxylic acids is 2. The van der Waals surface area contributed by atoms with E-state index in [9.17, 15) is 31.2 Å². The number of hydrogen-bond donors (Lipinski definition) is 1. The molecule has 11 heteroatoms. The highest BCUT2D eigenvalue weighted by molar-refractivity contribution is 7.92. The molecule has 0 unspecified atom stereocenters. The zero-order chi connectivity index (χ0) is 27.1. The number of nitrogens with one attached hydrogen (secondary N) is 1. The van der Waals surface area contributed by atoms with Gasteiger partial charge >= 0.3 is 6.18 Å². The molecule has 2 amide bonds. The monoisotopic (exact) mass is 527 g/mol. The van der Waals surface area contributed by atoms with Gasteiger partial charge in [-0.05, 0) is 51.0 Å². The summed E-state index contributed by atoms with van der Waals surface area (Å²) in [5.74, 6) is -0.688. The van der Waals surface area contributed by atoms with Gasteiger partial charge < -0.3 is 10.2 Å². The molecule has 0 aromatic heterocycles. The highest BCUT2D eigenvalue weighted by Crippen LogP contribution is 2.32. The fourth-order valence-corrected chi connectivity index (χ4v) is 4.59. The molecule has 0 spiro atoms. The Hall–Kier alpha value is -3.08. The molecule has 1 N–H and O–H groups in total. The van der Waals surface area contributed by atoms with Crippen LogP contribution in [0.3, 0.4) is 0 Å². The zero-order valence-electron chi connectivity index (χ0n) is 20.8. The lowest BCUT2D eigenvalue weighted by atomic mass is 10.1. The number of carbonyl (C=O) groups is 2. The zero-order valence-corrected chi connectivity index (χ0v) is 21.6. The van der Waals surface area contributed by atoms with Gasteiger partial charge in [0.25, 0.3) is 0 Å². The van der Waals surface area contributed by atoms with Crippen molar-refractivity contribution in [2.24, 2.45) is 0 Å². The van der Waals surface area contributed by atoms with Crippen LogP contribution in [0.15, 0.2) is 48.5 Å². The lowest BCUT2D eigenvalue weighted by molar-refractivity contribution is -0.140. The molecule has 36 heavy (non-hydrogen) atoms. The van der Waals surface area contributed by atoms with E-state index in [2.05, 4.69) is 5.32 Å². The van der Waals surface area contributed by atoms with Crippen molar-refractivity contribution in [3.63, 3.8) is 0 Å². The number of sulfonamides is 1. The van der Waals surface area contributed by atoms with Crippen LogP contribution in [0.4, 0.5) is 18.9 Å².